The van der Waals surface area contributed by atoms with Gasteiger partial charge in [0.15, 0.2) is 0 Å². The van der Waals surface area contributed by atoms with Crippen LogP contribution in [0.15, 0.2) is 72.8 Å². The van der Waals surface area contributed by atoms with Crippen molar-refractivity contribution in [2.24, 2.45) is 0 Å². The van der Waals surface area contributed by atoms with Crippen molar-refractivity contribution in [3.63, 3.8) is 0 Å². The number of phenolic OH excluding ortho intramolecular Hbond substituents is 1. The van der Waals surface area contributed by atoms with Crippen molar-refractivity contribution in [2.75, 3.05) is 0 Å². The second-order valence-electron chi connectivity index (χ2n) is 6.72. The minimum atomic E-state index is 0.357. The molecule has 0 aliphatic rings. The Hall–Kier alpha value is -2.80. The highest BCUT2D eigenvalue weighted by Crippen LogP contribution is 2.36. The van der Waals surface area contributed by atoms with Crippen LogP contribution in [0.25, 0.3) is 11.6 Å². The van der Waals surface area contributed by atoms with E-state index in [0.29, 0.717) is 11.7 Å². The van der Waals surface area contributed by atoms with Gasteiger partial charge in [0.05, 0.1) is 0 Å². The topological polar surface area (TPSA) is 20.2 Å². The summed E-state index contributed by atoms with van der Waals surface area (Å²) in [5.41, 5.74) is 6.29. The van der Waals surface area contributed by atoms with Crippen molar-refractivity contribution in [3.8, 4) is 5.75 Å². The van der Waals surface area contributed by atoms with Crippen LogP contribution < -0.4 is 0 Å². The molecule has 0 atom stereocenters. The summed E-state index contributed by atoms with van der Waals surface area (Å²) in [5, 5.41) is 10.8. The fourth-order valence-corrected chi connectivity index (χ4v) is 3.00. The Labute approximate surface area is 150 Å². The first-order valence-corrected chi connectivity index (χ1v) is 8.72. The van der Waals surface area contributed by atoms with Gasteiger partial charge >= 0.3 is 0 Å². The van der Waals surface area contributed by atoms with E-state index in [1.54, 1.807) is 0 Å². The average molecular weight is 328 g/mol. The highest BCUT2D eigenvalue weighted by Gasteiger charge is 2.14. The molecule has 0 saturated carbocycles. The first kappa shape index (κ1) is 17.0. The van der Waals surface area contributed by atoms with E-state index in [2.05, 4.69) is 56.3 Å². The molecule has 1 N–H and O–H groups in total. The molecular formula is C24H24O. The van der Waals surface area contributed by atoms with Gasteiger partial charge < -0.3 is 5.11 Å². The minimum Gasteiger partial charge on any atom is -0.507 e. The zero-order chi connectivity index (χ0) is 17.8. The van der Waals surface area contributed by atoms with E-state index < -0.39 is 0 Å². The lowest BCUT2D eigenvalue weighted by atomic mass is 9.89. The van der Waals surface area contributed by atoms with Crippen LogP contribution in [0.2, 0.25) is 0 Å². The van der Waals surface area contributed by atoms with Crippen LogP contribution in [-0.4, -0.2) is 5.11 Å². The van der Waals surface area contributed by atoms with Crippen LogP contribution in [0.3, 0.4) is 0 Å². The molecule has 0 aliphatic heterocycles. The summed E-state index contributed by atoms with van der Waals surface area (Å²) in [7, 11) is 0. The lowest BCUT2D eigenvalue weighted by Gasteiger charge is -2.16. The molecule has 0 saturated heterocycles. The smallest absolute Gasteiger partial charge is 0.126 e. The molecule has 0 aliphatic carbocycles. The first-order valence-electron chi connectivity index (χ1n) is 8.72. The average Bonchev–Trinajstić information content (AvgIpc) is 2.63. The number of aromatic hydroxyl groups is 1. The number of benzene rings is 3. The van der Waals surface area contributed by atoms with Gasteiger partial charge in [0.1, 0.15) is 5.75 Å². The van der Waals surface area contributed by atoms with Gasteiger partial charge in [-0.05, 0) is 52.8 Å². The normalized spacial score (nSPS) is 11.8. The summed E-state index contributed by atoms with van der Waals surface area (Å²) in [4.78, 5) is 0. The van der Waals surface area contributed by atoms with Crippen molar-refractivity contribution in [1.29, 1.82) is 0 Å². The standard InChI is InChI=1S/C24H24O/c1-17(2)21-14-18(3)24(25)23(16-21)22(20-12-8-5-9-13-20)15-19-10-6-4-7-11-19/h4-17,25H,1-3H3/b22-15+. The number of aryl methyl sites for hydroxylation is 1. The Balaban J connectivity index is 2.24. The number of rotatable bonds is 4. The number of hydrogen-bond acceptors (Lipinski definition) is 1. The molecule has 1 nitrogen and oxygen atoms in total. The SMILES string of the molecule is Cc1cc(C(C)C)cc(/C(=C/c2ccccc2)c2ccccc2)c1O. The summed E-state index contributed by atoms with van der Waals surface area (Å²) < 4.78 is 0. The number of phenols is 1. The van der Waals surface area contributed by atoms with E-state index in [4.69, 9.17) is 0 Å². The zero-order valence-electron chi connectivity index (χ0n) is 15.0. The summed E-state index contributed by atoms with van der Waals surface area (Å²) >= 11 is 0. The molecule has 0 fully saturated rings. The third-order valence-electron chi connectivity index (χ3n) is 4.48. The van der Waals surface area contributed by atoms with E-state index in [1.807, 2.05) is 43.3 Å². The highest BCUT2D eigenvalue weighted by atomic mass is 16.3. The summed E-state index contributed by atoms with van der Waals surface area (Å²) in [5.74, 6) is 0.766. The van der Waals surface area contributed by atoms with Gasteiger partial charge in [-0.25, -0.2) is 0 Å². The van der Waals surface area contributed by atoms with E-state index in [1.165, 1.54) is 5.56 Å². The maximum Gasteiger partial charge on any atom is 0.126 e. The molecule has 0 bridgehead atoms. The van der Waals surface area contributed by atoms with E-state index >= 15 is 0 Å². The van der Waals surface area contributed by atoms with E-state index in [9.17, 15) is 5.11 Å². The summed E-state index contributed by atoms with van der Waals surface area (Å²) in [6, 6.07) is 24.7. The van der Waals surface area contributed by atoms with Crippen LogP contribution in [0, 0.1) is 6.92 Å². The molecule has 0 spiro atoms. The predicted octanol–water partition coefficient (Wildman–Crippen LogP) is 6.41. The fraction of sp³-hybridized carbons (Fsp3) is 0.167. The monoisotopic (exact) mass is 328 g/mol. The molecule has 0 aromatic heterocycles. The molecule has 3 aromatic carbocycles. The summed E-state index contributed by atoms with van der Waals surface area (Å²) in [6.07, 6.45) is 2.15. The third kappa shape index (κ3) is 3.83. The predicted molar refractivity (Wildman–Crippen MR) is 107 cm³/mol. The largest absolute Gasteiger partial charge is 0.507 e. The molecule has 1 heteroatoms. The minimum absolute atomic E-state index is 0.357. The van der Waals surface area contributed by atoms with Crippen LogP contribution >= 0.6 is 0 Å². The zero-order valence-corrected chi connectivity index (χ0v) is 15.0. The fourth-order valence-electron chi connectivity index (χ4n) is 3.00. The van der Waals surface area contributed by atoms with E-state index in [0.717, 1.165) is 27.8 Å². The van der Waals surface area contributed by atoms with Crippen molar-refractivity contribution in [2.45, 2.75) is 26.7 Å². The van der Waals surface area contributed by atoms with Crippen LogP contribution in [0.5, 0.6) is 5.75 Å². The Morgan fingerprint density at radius 2 is 1.48 bits per heavy atom. The van der Waals surface area contributed by atoms with E-state index in [-0.39, 0.29) is 0 Å². The van der Waals surface area contributed by atoms with Crippen LogP contribution in [0.1, 0.15) is 47.6 Å². The first-order chi connectivity index (χ1) is 12.1. The van der Waals surface area contributed by atoms with Gasteiger partial charge in [-0.3, -0.25) is 0 Å². The molecule has 0 unspecified atom stereocenters. The van der Waals surface area contributed by atoms with Gasteiger partial charge in [0.25, 0.3) is 0 Å². The van der Waals surface area contributed by atoms with Gasteiger partial charge in [-0.15, -0.1) is 0 Å². The Morgan fingerprint density at radius 1 is 0.880 bits per heavy atom. The molecule has 3 aromatic rings. The van der Waals surface area contributed by atoms with Gasteiger partial charge in [-0.2, -0.15) is 0 Å². The molecule has 0 heterocycles. The second kappa shape index (κ2) is 7.40. The van der Waals surface area contributed by atoms with Crippen molar-refractivity contribution in [3.05, 3.63) is 101 Å². The van der Waals surface area contributed by atoms with Crippen molar-refractivity contribution in [1.82, 2.24) is 0 Å². The molecule has 3 rings (SSSR count). The maximum atomic E-state index is 10.8. The van der Waals surface area contributed by atoms with Crippen LogP contribution in [0.4, 0.5) is 0 Å². The molecule has 126 valence electrons. The molecule has 0 amide bonds. The van der Waals surface area contributed by atoms with Crippen LogP contribution in [-0.2, 0) is 0 Å². The third-order valence-corrected chi connectivity index (χ3v) is 4.48. The molecule has 0 radical (unpaired) electrons. The Kier molecular flexibility index (Phi) is 5.04. The van der Waals surface area contributed by atoms with Gasteiger partial charge in [-0.1, -0.05) is 80.6 Å². The number of hydrogen-bond donors (Lipinski definition) is 1. The Morgan fingerprint density at radius 3 is 2.08 bits per heavy atom. The quantitative estimate of drug-likeness (QED) is 0.548. The maximum absolute atomic E-state index is 10.8. The van der Waals surface area contributed by atoms with Gasteiger partial charge in [0, 0.05) is 5.56 Å². The van der Waals surface area contributed by atoms with Gasteiger partial charge in [0.2, 0.25) is 0 Å². The molecular weight excluding hydrogens is 304 g/mol. The Bertz CT molecular complexity index is 875. The lowest BCUT2D eigenvalue weighted by molar-refractivity contribution is 0.469. The highest BCUT2D eigenvalue weighted by molar-refractivity contribution is 5.93. The summed E-state index contributed by atoms with van der Waals surface area (Å²) in [6.45, 7) is 6.33. The lowest BCUT2D eigenvalue weighted by Crippen LogP contribution is -1.96. The molecule has 25 heavy (non-hydrogen) atoms. The van der Waals surface area contributed by atoms with Crippen molar-refractivity contribution < 1.29 is 5.11 Å². The second-order valence-corrected chi connectivity index (χ2v) is 6.72. The van der Waals surface area contributed by atoms with Crippen molar-refractivity contribution >= 4 is 11.6 Å².